The Balaban J connectivity index is 1.36. The zero-order chi connectivity index (χ0) is 26.3. The molecule has 0 amide bonds. The van der Waals surface area contributed by atoms with E-state index in [-0.39, 0.29) is 41.8 Å². The van der Waals surface area contributed by atoms with Crippen molar-refractivity contribution in [1.29, 1.82) is 0 Å². The minimum absolute atomic E-state index is 0.00143. The normalized spacial score (nSPS) is 42.6. The Kier molecular flexibility index (Phi) is 5.97. The molecule has 37 heavy (non-hydrogen) atoms. The van der Waals surface area contributed by atoms with E-state index in [0.29, 0.717) is 17.7 Å². The van der Waals surface area contributed by atoms with Crippen molar-refractivity contribution in [3.8, 4) is 0 Å². The Morgan fingerprint density at radius 2 is 2.08 bits per heavy atom. The lowest BCUT2D eigenvalue weighted by Gasteiger charge is -2.56. The zero-order valence-corrected chi connectivity index (χ0v) is 22.6. The van der Waals surface area contributed by atoms with Crippen molar-refractivity contribution in [1.82, 2.24) is 0 Å². The molecule has 3 saturated carbocycles. The second-order valence-electron chi connectivity index (χ2n) is 12.6. The van der Waals surface area contributed by atoms with Crippen molar-refractivity contribution < 1.29 is 33.3 Å². The Morgan fingerprint density at radius 1 is 1.30 bits per heavy atom. The second kappa shape index (κ2) is 8.65. The maximum atomic E-state index is 14.5. The van der Waals surface area contributed by atoms with E-state index in [1.807, 2.05) is 26.8 Å². The highest BCUT2D eigenvalue weighted by Gasteiger charge is 2.70. The lowest BCUT2D eigenvalue weighted by molar-refractivity contribution is -0.178. The van der Waals surface area contributed by atoms with Crippen LogP contribution in [0.1, 0.15) is 64.5 Å². The first-order chi connectivity index (χ1) is 17.4. The number of carbonyl (C=O) groups excluding carboxylic acids is 2. The average Bonchev–Trinajstić information content (AvgIpc) is 3.49. The molecular formula is C29H35FO6S. The van der Waals surface area contributed by atoms with Crippen molar-refractivity contribution in [2.24, 2.45) is 29.1 Å². The highest BCUT2D eigenvalue weighted by atomic mass is 32.1. The van der Waals surface area contributed by atoms with E-state index in [1.54, 1.807) is 17.5 Å². The van der Waals surface area contributed by atoms with Crippen molar-refractivity contribution in [3.05, 3.63) is 45.9 Å². The van der Waals surface area contributed by atoms with Gasteiger partial charge < -0.3 is 19.3 Å². The van der Waals surface area contributed by atoms with Crippen LogP contribution in [-0.4, -0.2) is 46.7 Å². The number of fused-ring (bicyclic) bond motifs is 7. The second-order valence-corrected chi connectivity index (χ2v) is 13.5. The van der Waals surface area contributed by atoms with Gasteiger partial charge in [-0.2, -0.15) is 0 Å². The summed E-state index contributed by atoms with van der Waals surface area (Å²) < 4.78 is 33.3. The minimum atomic E-state index is -1.29. The van der Waals surface area contributed by atoms with E-state index in [4.69, 9.17) is 14.2 Å². The summed E-state index contributed by atoms with van der Waals surface area (Å²) in [6.07, 6.45) is 5.78. The molecule has 8 heteroatoms. The molecular weight excluding hydrogens is 495 g/mol. The van der Waals surface area contributed by atoms with Crippen LogP contribution in [0, 0.1) is 34.9 Å². The first-order valence-corrected chi connectivity index (χ1v) is 14.2. The first-order valence-electron chi connectivity index (χ1n) is 13.3. The van der Waals surface area contributed by atoms with Crippen LogP contribution in [0.5, 0.6) is 0 Å². The number of hydrogen-bond donors (Lipinski definition) is 1. The molecule has 0 bridgehead atoms. The Hall–Kier alpha value is -1.71. The molecule has 0 radical (unpaired) electrons. The van der Waals surface area contributed by atoms with Crippen LogP contribution in [0.15, 0.2) is 35.2 Å². The number of aliphatic hydroxyl groups excluding tert-OH is 1. The van der Waals surface area contributed by atoms with Crippen molar-refractivity contribution in [2.45, 2.75) is 83.1 Å². The fraction of sp³-hybridized carbons (Fsp3) is 0.655. The van der Waals surface area contributed by atoms with Gasteiger partial charge in [-0.25, -0.2) is 4.39 Å². The monoisotopic (exact) mass is 530 g/mol. The summed E-state index contributed by atoms with van der Waals surface area (Å²) in [5.41, 5.74) is -1.11. The highest BCUT2D eigenvalue weighted by Crippen LogP contribution is 2.65. The van der Waals surface area contributed by atoms with E-state index in [1.165, 1.54) is 17.4 Å². The standard InChI is InChI=1S/C29H35FO6S/c1-27(2,3)34-14-22(33)29-19-13-21(32)24-17(6-5-15-11-16(31)7-9-28(15,24)4)18(19)12-23(29)35-26(36-29)25-20(30)8-10-37-25/h7-11,17-19,21,23-24,26,32H,5-6,12-14H2,1-4H3/t17-,18-,19?,21-,23+,24+,26+,28-,29+/m0/s1. The maximum absolute atomic E-state index is 14.5. The van der Waals surface area contributed by atoms with Gasteiger partial charge in [0.1, 0.15) is 12.4 Å². The van der Waals surface area contributed by atoms with Gasteiger partial charge in [0.25, 0.3) is 0 Å². The zero-order valence-electron chi connectivity index (χ0n) is 21.7. The summed E-state index contributed by atoms with van der Waals surface area (Å²) in [7, 11) is 0. The number of rotatable bonds is 4. The maximum Gasteiger partial charge on any atom is 0.197 e. The van der Waals surface area contributed by atoms with Crippen LogP contribution in [-0.2, 0) is 23.8 Å². The number of ether oxygens (including phenoxy) is 3. The molecule has 4 aliphatic carbocycles. The summed E-state index contributed by atoms with van der Waals surface area (Å²) in [6.45, 7) is 7.68. The number of carbonyl (C=O) groups is 2. The van der Waals surface area contributed by atoms with Crippen LogP contribution >= 0.6 is 11.3 Å². The van der Waals surface area contributed by atoms with Gasteiger partial charge in [0.2, 0.25) is 0 Å². The lowest BCUT2D eigenvalue weighted by Crippen LogP contribution is -2.58. The largest absolute Gasteiger partial charge is 0.393 e. The summed E-state index contributed by atoms with van der Waals surface area (Å²) in [4.78, 5) is 26.4. The lowest BCUT2D eigenvalue weighted by atomic mass is 9.49. The molecule has 0 spiro atoms. The van der Waals surface area contributed by atoms with Crippen molar-refractivity contribution >= 4 is 22.9 Å². The van der Waals surface area contributed by atoms with Gasteiger partial charge in [-0.05, 0) is 81.9 Å². The molecule has 1 aromatic rings. The molecule has 4 fully saturated rings. The highest BCUT2D eigenvalue weighted by molar-refractivity contribution is 7.10. The first kappa shape index (κ1) is 25.6. The molecule has 1 N–H and O–H groups in total. The molecule has 1 unspecified atom stereocenters. The molecule has 1 aliphatic heterocycles. The number of ketones is 2. The Labute approximate surface area is 220 Å². The topological polar surface area (TPSA) is 82.1 Å². The fourth-order valence-corrected chi connectivity index (χ4v) is 8.73. The van der Waals surface area contributed by atoms with Gasteiger partial charge >= 0.3 is 0 Å². The van der Waals surface area contributed by atoms with E-state index in [0.717, 1.165) is 18.4 Å². The van der Waals surface area contributed by atoms with Gasteiger partial charge in [-0.3, -0.25) is 9.59 Å². The van der Waals surface area contributed by atoms with E-state index in [9.17, 15) is 19.1 Å². The summed E-state index contributed by atoms with van der Waals surface area (Å²) >= 11 is 1.22. The Bertz CT molecular complexity index is 1180. The van der Waals surface area contributed by atoms with Crippen LogP contribution in [0.2, 0.25) is 0 Å². The third-order valence-electron chi connectivity index (χ3n) is 9.52. The minimum Gasteiger partial charge on any atom is -0.393 e. The quantitative estimate of drug-likeness (QED) is 0.595. The van der Waals surface area contributed by atoms with E-state index < -0.39 is 40.9 Å². The molecule has 1 aromatic heterocycles. The third kappa shape index (κ3) is 3.86. The number of halogens is 1. The molecule has 1 saturated heterocycles. The summed E-state index contributed by atoms with van der Waals surface area (Å²) in [5.74, 6) is -0.659. The molecule has 2 heterocycles. The van der Waals surface area contributed by atoms with Gasteiger partial charge in [0, 0.05) is 17.3 Å². The van der Waals surface area contributed by atoms with Gasteiger partial charge in [0.15, 0.2) is 23.5 Å². The number of Topliss-reactive ketones (excluding diaryl/α,β-unsaturated/α-hetero) is 1. The van der Waals surface area contributed by atoms with Crippen molar-refractivity contribution in [3.63, 3.8) is 0 Å². The predicted octanol–water partition coefficient (Wildman–Crippen LogP) is 4.92. The van der Waals surface area contributed by atoms with Crippen LogP contribution in [0.25, 0.3) is 0 Å². The SMILES string of the molecule is CC(C)(C)OCC(=O)[C@@]12O[C@H](c3sccc3F)O[C@@H]1C[C@@H]1C2C[C@H](O)[C@H]2[C@H]1CCC1=CC(=O)C=C[C@@]12C. The summed E-state index contributed by atoms with van der Waals surface area (Å²) in [6, 6.07) is 1.38. The van der Waals surface area contributed by atoms with Crippen LogP contribution in [0.3, 0.4) is 0 Å². The van der Waals surface area contributed by atoms with Crippen LogP contribution < -0.4 is 0 Å². The smallest absolute Gasteiger partial charge is 0.197 e. The summed E-state index contributed by atoms with van der Waals surface area (Å²) in [5, 5.41) is 13.3. The fourth-order valence-electron chi connectivity index (χ4n) is 8.00. The Morgan fingerprint density at radius 3 is 2.78 bits per heavy atom. The molecule has 5 aliphatic rings. The molecule has 9 atom stereocenters. The number of hydrogen-bond acceptors (Lipinski definition) is 7. The number of allylic oxidation sites excluding steroid dienone is 4. The molecule has 0 aromatic carbocycles. The van der Waals surface area contributed by atoms with Gasteiger partial charge in [-0.15, -0.1) is 11.3 Å². The van der Waals surface area contributed by atoms with E-state index >= 15 is 0 Å². The predicted molar refractivity (Wildman–Crippen MR) is 135 cm³/mol. The third-order valence-corrected chi connectivity index (χ3v) is 10.4. The van der Waals surface area contributed by atoms with Crippen LogP contribution in [0.4, 0.5) is 4.39 Å². The van der Waals surface area contributed by atoms with Crippen molar-refractivity contribution in [2.75, 3.05) is 6.61 Å². The number of aliphatic hydroxyl groups is 1. The molecule has 6 rings (SSSR count). The average molecular weight is 531 g/mol. The molecule has 200 valence electrons. The van der Waals surface area contributed by atoms with Gasteiger partial charge in [0.05, 0.1) is 22.7 Å². The van der Waals surface area contributed by atoms with E-state index in [2.05, 4.69) is 6.92 Å². The van der Waals surface area contributed by atoms with Gasteiger partial charge in [-0.1, -0.05) is 18.6 Å². The number of thiophene rings is 1. The molecule has 6 nitrogen and oxygen atoms in total.